The zero-order chi connectivity index (χ0) is 10.8. The lowest BCUT2D eigenvalue weighted by atomic mass is 9.87. The van der Waals surface area contributed by atoms with Crippen LogP contribution in [0.5, 0.6) is 0 Å². The van der Waals surface area contributed by atoms with E-state index in [1.807, 2.05) is 0 Å². The second-order valence-electron chi connectivity index (χ2n) is 4.92. The fourth-order valence-electron chi connectivity index (χ4n) is 2.45. The van der Waals surface area contributed by atoms with E-state index in [0.717, 1.165) is 6.04 Å². The van der Waals surface area contributed by atoms with Gasteiger partial charge in [-0.25, -0.2) is 0 Å². The molecule has 0 heterocycles. The molecule has 1 aromatic carbocycles. The van der Waals surface area contributed by atoms with Crippen LogP contribution in [0.4, 0.5) is 0 Å². The first-order chi connectivity index (χ1) is 7.18. The highest BCUT2D eigenvalue weighted by atomic mass is 15.1. The van der Waals surface area contributed by atoms with E-state index in [2.05, 4.69) is 50.1 Å². The summed E-state index contributed by atoms with van der Waals surface area (Å²) in [6.45, 7) is 4.56. The van der Waals surface area contributed by atoms with Gasteiger partial charge in [-0.15, -0.1) is 0 Å². The Labute approximate surface area is 93.1 Å². The third kappa shape index (κ3) is 2.23. The lowest BCUT2D eigenvalue weighted by molar-refractivity contribution is 0.179. The minimum absolute atomic E-state index is 0.653. The minimum atomic E-state index is 0.653. The van der Waals surface area contributed by atoms with Crippen molar-refractivity contribution in [1.82, 2.24) is 4.90 Å². The molecule has 1 aromatic rings. The third-order valence-electron chi connectivity index (χ3n) is 3.71. The van der Waals surface area contributed by atoms with Crippen molar-refractivity contribution < 1.29 is 0 Å². The molecule has 0 spiro atoms. The standard InChI is InChI=1S/C14H21N/c1-11(2)15(3)14-9-8-12-6-4-5-7-13(12)10-14/h4-7,11,14H,8-10H2,1-3H3. The van der Waals surface area contributed by atoms with Gasteiger partial charge in [0.1, 0.15) is 0 Å². The van der Waals surface area contributed by atoms with Crippen molar-refractivity contribution in [3.8, 4) is 0 Å². The van der Waals surface area contributed by atoms with E-state index >= 15 is 0 Å². The quantitative estimate of drug-likeness (QED) is 0.714. The van der Waals surface area contributed by atoms with Crippen molar-refractivity contribution >= 4 is 0 Å². The molecule has 0 saturated carbocycles. The Morgan fingerprint density at radius 1 is 1.20 bits per heavy atom. The number of likely N-dealkylation sites (N-methyl/N-ethyl adjacent to an activating group) is 1. The summed E-state index contributed by atoms with van der Waals surface area (Å²) in [6, 6.07) is 10.3. The molecule has 1 unspecified atom stereocenters. The van der Waals surface area contributed by atoms with Gasteiger partial charge >= 0.3 is 0 Å². The Morgan fingerprint density at radius 2 is 1.87 bits per heavy atom. The Balaban J connectivity index is 2.12. The van der Waals surface area contributed by atoms with Gasteiger partial charge < -0.3 is 4.90 Å². The predicted molar refractivity (Wildman–Crippen MR) is 65.2 cm³/mol. The second-order valence-corrected chi connectivity index (χ2v) is 4.92. The van der Waals surface area contributed by atoms with Crippen LogP contribution in [0.2, 0.25) is 0 Å². The van der Waals surface area contributed by atoms with E-state index in [1.54, 1.807) is 11.1 Å². The van der Waals surface area contributed by atoms with Gasteiger partial charge in [-0.3, -0.25) is 0 Å². The monoisotopic (exact) mass is 203 g/mol. The maximum absolute atomic E-state index is 2.51. The summed E-state index contributed by atoms with van der Waals surface area (Å²) in [5, 5.41) is 0. The lowest BCUT2D eigenvalue weighted by Crippen LogP contribution is -2.40. The number of nitrogens with zero attached hydrogens (tertiary/aromatic N) is 1. The molecule has 1 aliphatic carbocycles. The van der Waals surface area contributed by atoms with Crippen LogP contribution in [0.3, 0.4) is 0 Å². The normalized spacial score (nSPS) is 20.7. The molecule has 0 aliphatic heterocycles. The zero-order valence-corrected chi connectivity index (χ0v) is 10.0. The molecule has 15 heavy (non-hydrogen) atoms. The first-order valence-corrected chi connectivity index (χ1v) is 5.97. The van der Waals surface area contributed by atoms with E-state index in [9.17, 15) is 0 Å². The maximum atomic E-state index is 2.51. The SMILES string of the molecule is CC(C)N(C)C1CCc2ccccc2C1. The molecular weight excluding hydrogens is 182 g/mol. The van der Waals surface area contributed by atoms with E-state index in [-0.39, 0.29) is 0 Å². The molecule has 2 rings (SSSR count). The van der Waals surface area contributed by atoms with Gasteiger partial charge in [0, 0.05) is 12.1 Å². The average molecular weight is 203 g/mol. The highest BCUT2D eigenvalue weighted by Crippen LogP contribution is 2.24. The maximum Gasteiger partial charge on any atom is 0.0139 e. The van der Waals surface area contributed by atoms with E-state index in [4.69, 9.17) is 0 Å². The van der Waals surface area contributed by atoms with Gasteiger partial charge in [-0.1, -0.05) is 24.3 Å². The van der Waals surface area contributed by atoms with Crippen LogP contribution in [-0.4, -0.2) is 24.0 Å². The van der Waals surface area contributed by atoms with Crippen LogP contribution >= 0.6 is 0 Å². The fraction of sp³-hybridized carbons (Fsp3) is 0.571. The Kier molecular flexibility index (Phi) is 3.11. The summed E-state index contributed by atoms with van der Waals surface area (Å²) in [4.78, 5) is 2.51. The first kappa shape index (κ1) is 10.7. The van der Waals surface area contributed by atoms with Crippen LogP contribution in [0.25, 0.3) is 0 Å². The number of rotatable bonds is 2. The summed E-state index contributed by atoms with van der Waals surface area (Å²) in [7, 11) is 2.25. The molecule has 0 N–H and O–H groups in total. The zero-order valence-electron chi connectivity index (χ0n) is 10.0. The van der Waals surface area contributed by atoms with Crippen molar-refractivity contribution in [3.05, 3.63) is 35.4 Å². The van der Waals surface area contributed by atoms with E-state index in [1.165, 1.54) is 19.3 Å². The molecule has 1 atom stereocenters. The molecule has 0 fully saturated rings. The summed E-state index contributed by atoms with van der Waals surface area (Å²) in [6.07, 6.45) is 3.79. The Hall–Kier alpha value is -0.820. The summed E-state index contributed by atoms with van der Waals surface area (Å²) in [5.74, 6) is 0. The minimum Gasteiger partial charge on any atom is -0.301 e. The summed E-state index contributed by atoms with van der Waals surface area (Å²) in [5.41, 5.74) is 3.12. The van der Waals surface area contributed by atoms with Gasteiger partial charge in [0.15, 0.2) is 0 Å². The van der Waals surface area contributed by atoms with Crippen LogP contribution in [-0.2, 0) is 12.8 Å². The number of fused-ring (bicyclic) bond motifs is 1. The van der Waals surface area contributed by atoms with Crippen molar-refractivity contribution in [2.24, 2.45) is 0 Å². The van der Waals surface area contributed by atoms with Crippen LogP contribution < -0.4 is 0 Å². The highest BCUT2D eigenvalue weighted by Gasteiger charge is 2.22. The van der Waals surface area contributed by atoms with Crippen molar-refractivity contribution in [3.63, 3.8) is 0 Å². The fourth-order valence-corrected chi connectivity index (χ4v) is 2.45. The molecule has 0 aromatic heterocycles. The van der Waals surface area contributed by atoms with Gasteiger partial charge in [0.2, 0.25) is 0 Å². The molecule has 1 nitrogen and oxygen atoms in total. The second kappa shape index (κ2) is 4.36. The lowest BCUT2D eigenvalue weighted by Gasteiger charge is -2.35. The van der Waals surface area contributed by atoms with E-state index < -0.39 is 0 Å². The molecule has 0 saturated heterocycles. The first-order valence-electron chi connectivity index (χ1n) is 5.97. The molecule has 0 amide bonds. The van der Waals surface area contributed by atoms with Crippen LogP contribution in [0.1, 0.15) is 31.4 Å². The van der Waals surface area contributed by atoms with Crippen molar-refractivity contribution in [2.75, 3.05) is 7.05 Å². The van der Waals surface area contributed by atoms with Crippen molar-refractivity contribution in [1.29, 1.82) is 0 Å². The van der Waals surface area contributed by atoms with Gasteiger partial charge in [-0.05, 0) is 51.3 Å². The highest BCUT2D eigenvalue weighted by molar-refractivity contribution is 5.30. The summed E-state index contributed by atoms with van der Waals surface area (Å²) < 4.78 is 0. The van der Waals surface area contributed by atoms with Crippen molar-refractivity contribution in [2.45, 2.75) is 45.2 Å². The Morgan fingerprint density at radius 3 is 2.53 bits per heavy atom. The molecule has 1 heteroatoms. The van der Waals surface area contributed by atoms with Crippen LogP contribution in [0.15, 0.2) is 24.3 Å². The smallest absolute Gasteiger partial charge is 0.0139 e. The number of benzene rings is 1. The molecular formula is C14H21N. The van der Waals surface area contributed by atoms with Crippen LogP contribution in [0, 0.1) is 0 Å². The molecule has 0 radical (unpaired) electrons. The molecule has 1 aliphatic rings. The summed E-state index contributed by atoms with van der Waals surface area (Å²) >= 11 is 0. The van der Waals surface area contributed by atoms with Gasteiger partial charge in [-0.2, -0.15) is 0 Å². The van der Waals surface area contributed by atoms with Gasteiger partial charge in [0.25, 0.3) is 0 Å². The average Bonchev–Trinajstić information content (AvgIpc) is 2.27. The largest absolute Gasteiger partial charge is 0.301 e. The predicted octanol–water partition coefficient (Wildman–Crippen LogP) is 2.88. The number of aryl methyl sites for hydroxylation is 1. The molecule has 0 bridgehead atoms. The number of hydrogen-bond donors (Lipinski definition) is 0. The topological polar surface area (TPSA) is 3.24 Å². The third-order valence-corrected chi connectivity index (χ3v) is 3.71. The molecule has 82 valence electrons. The number of hydrogen-bond acceptors (Lipinski definition) is 1. The van der Waals surface area contributed by atoms with Gasteiger partial charge in [0.05, 0.1) is 0 Å². The Bertz CT molecular complexity index is 330. The van der Waals surface area contributed by atoms with E-state index in [0.29, 0.717) is 6.04 Å².